The molecule has 0 bridgehead atoms. The Bertz CT molecular complexity index is 1110. The van der Waals surface area contributed by atoms with Crippen molar-refractivity contribution in [3.63, 3.8) is 0 Å². The van der Waals surface area contributed by atoms with Crippen LogP contribution in [-0.2, 0) is 9.84 Å². The maximum absolute atomic E-state index is 11.6. The minimum atomic E-state index is -3.21. The Kier molecular flexibility index (Phi) is 4.85. The predicted octanol–water partition coefficient (Wildman–Crippen LogP) is 4.21. The fourth-order valence-electron chi connectivity index (χ4n) is 3.11. The van der Waals surface area contributed by atoms with Gasteiger partial charge in [0.25, 0.3) is 0 Å². The van der Waals surface area contributed by atoms with Crippen LogP contribution in [0.2, 0.25) is 0 Å². The minimum Gasteiger partial charge on any atom is -0.495 e. The molecule has 3 aromatic rings. The smallest absolute Gasteiger partial charge is 0.175 e. The molecule has 7 heteroatoms. The highest BCUT2D eigenvalue weighted by atomic mass is 32.2. The molecule has 0 unspecified atom stereocenters. The van der Waals surface area contributed by atoms with Gasteiger partial charge >= 0.3 is 0 Å². The quantitative estimate of drug-likeness (QED) is 0.622. The molecule has 1 aliphatic rings. The highest BCUT2D eigenvalue weighted by Crippen LogP contribution is 2.36. The van der Waals surface area contributed by atoms with E-state index in [2.05, 4.69) is 21.7 Å². The average Bonchev–Trinajstić information content (AvgIpc) is 3.50. The second-order valence-corrected chi connectivity index (χ2v) is 9.19. The predicted molar refractivity (Wildman–Crippen MR) is 112 cm³/mol. The third-order valence-electron chi connectivity index (χ3n) is 4.91. The van der Waals surface area contributed by atoms with Gasteiger partial charge in [0.15, 0.2) is 9.84 Å². The molecule has 1 heterocycles. The molecule has 4 rings (SSSR count). The monoisotopic (exact) mass is 397 g/mol. The standard InChI is InChI=1S/C21H23N3O3S/c1-27-20-11-15-9-10-22-21(18(15)12-19(20)23-13-14-3-4-14)24-16-5-7-17(8-6-16)28(2,25)26/h5-12,14,23H,3-4,13H2,1-2H3,(H,22,24). The summed E-state index contributed by atoms with van der Waals surface area (Å²) in [5.41, 5.74) is 1.72. The van der Waals surface area contributed by atoms with E-state index in [1.165, 1.54) is 19.1 Å². The van der Waals surface area contributed by atoms with E-state index in [4.69, 9.17) is 4.74 Å². The zero-order valence-electron chi connectivity index (χ0n) is 15.9. The van der Waals surface area contributed by atoms with Crippen molar-refractivity contribution in [1.82, 2.24) is 4.98 Å². The van der Waals surface area contributed by atoms with E-state index in [9.17, 15) is 8.42 Å². The lowest BCUT2D eigenvalue weighted by atomic mass is 10.1. The number of benzene rings is 2. The van der Waals surface area contributed by atoms with Crippen molar-refractivity contribution in [3.8, 4) is 5.75 Å². The third-order valence-corrected chi connectivity index (χ3v) is 6.04. The number of nitrogens with zero attached hydrogens (tertiary/aromatic N) is 1. The molecule has 1 saturated carbocycles. The number of hydrogen-bond acceptors (Lipinski definition) is 6. The largest absolute Gasteiger partial charge is 0.495 e. The summed E-state index contributed by atoms with van der Waals surface area (Å²) in [5.74, 6) is 2.27. The lowest BCUT2D eigenvalue weighted by molar-refractivity contribution is 0.417. The number of ether oxygens (including phenoxy) is 1. The molecule has 1 fully saturated rings. The lowest BCUT2D eigenvalue weighted by Gasteiger charge is -2.15. The highest BCUT2D eigenvalue weighted by molar-refractivity contribution is 7.90. The Balaban J connectivity index is 1.67. The summed E-state index contributed by atoms with van der Waals surface area (Å²) in [6.45, 7) is 0.942. The Morgan fingerprint density at radius 3 is 2.54 bits per heavy atom. The topological polar surface area (TPSA) is 80.3 Å². The first-order chi connectivity index (χ1) is 13.4. The van der Waals surface area contributed by atoms with Crippen molar-refractivity contribution in [2.45, 2.75) is 17.7 Å². The number of sulfone groups is 1. The molecule has 0 aliphatic heterocycles. The van der Waals surface area contributed by atoms with Crippen LogP contribution in [0.25, 0.3) is 10.8 Å². The van der Waals surface area contributed by atoms with E-state index in [1.54, 1.807) is 37.6 Å². The highest BCUT2D eigenvalue weighted by Gasteiger charge is 2.21. The maximum Gasteiger partial charge on any atom is 0.175 e. The number of aromatic nitrogens is 1. The van der Waals surface area contributed by atoms with E-state index in [-0.39, 0.29) is 0 Å². The van der Waals surface area contributed by atoms with Gasteiger partial charge in [0.05, 0.1) is 17.7 Å². The zero-order valence-corrected chi connectivity index (χ0v) is 16.7. The molecule has 0 amide bonds. The Labute approximate surface area is 164 Å². The number of methoxy groups -OCH3 is 1. The summed E-state index contributed by atoms with van der Waals surface area (Å²) in [6.07, 6.45) is 5.50. The van der Waals surface area contributed by atoms with Gasteiger partial charge in [-0.05, 0) is 66.6 Å². The lowest BCUT2D eigenvalue weighted by Crippen LogP contribution is -2.05. The van der Waals surface area contributed by atoms with Crippen LogP contribution in [0.5, 0.6) is 5.75 Å². The Morgan fingerprint density at radius 1 is 1.14 bits per heavy atom. The van der Waals surface area contributed by atoms with E-state index < -0.39 is 9.84 Å². The number of nitrogens with one attached hydrogen (secondary N) is 2. The average molecular weight is 398 g/mol. The summed E-state index contributed by atoms with van der Waals surface area (Å²) >= 11 is 0. The number of anilines is 3. The van der Waals surface area contributed by atoms with Crippen molar-refractivity contribution in [1.29, 1.82) is 0 Å². The van der Waals surface area contributed by atoms with Crippen LogP contribution in [-0.4, -0.2) is 33.3 Å². The SMILES string of the molecule is COc1cc2ccnc(Nc3ccc(S(C)(=O)=O)cc3)c2cc1NCC1CC1. The van der Waals surface area contributed by atoms with E-state index in [1.807, 2.05) is 12.1 Å². The fraction of sp³-hybridized carbons (Fsp3) is 0.286. The number of pyridine rings is 1. The summed E-state index contributed by atoms with van der Waals surface area (Å²) in [4.78, 5) is 4.77. The second kappa shape index (κ2) is 7.31. The molecule has 0 saturated heterocycles. The molecule has 146 valence electrons. The summed E-state index contributed by atoms with van der Waals surface area (Å²) < 4.78 is 28.8. The summed E-state index contributed by atoms with van der Waals surface area (Å²) in [6, 6.07) is 12.7. The molecule has 1 aliphatic carbocycles. The van der Waals surface area contributed by atoms with Gasteiger partial charge in [-0.25, -0.2) is 13.4 Å². The van der Waals surface area contributed by atoms with Crippen LogP contribution < -0.4 is 15.4 Å². The molecule has 0 spiro atoms. The molecule has 0 atom stereocenters. The second-order valence-electron chi connectivity index (χ2n) is 7.18. The fourth-order valence-corrected chi connectivity index (χ4v) is 3.74. The van der Waals surface area contributed by atoms with Crippen molar-refractivity contribution in [2.75, 3.05) is 30.5 Å². The van der Waals surface area contributed by atoms with Crippen LogP contribution in [0.1, 0.15) is 12.8 Å². The van der Waals surface area contributed by atoms with E-state index >= 15 is 0 Å². The van der Waals surface area contributed by atoms with E-state index in [0.29, 0.717) is 10.7 Å². The summed E-state index contributed by atoms with van der Waals surface area (Å²) in [7, 11) is -1.54. The number of fused-ring (bicyclic) bond motifs is 1. The van der Waals surface area contributed by atoms with Gasteiger partial charge in [-0.2, -0.15) is 0 Å². The molecule has 28 heavy (non-hydrogen) atoms. The minimum absolute atomic E-state index is 0.292. The van der Waals surface area contributed by atoms with Crippen LogP contribution in [0.4, 0.5) is 17.2 Å². The van der Waals surface area contributed by atoms with Crippen LogP contribution in [0.3, 0.4) is 0 Å². The molecule has 0 radical (unpaired) electrons. The van der Waals surface area contributed by atoms with Crippen molar-refractivity contribution in [2.24, 2.45) is 5.92 Å². The van der Waals surface area contributed by atoms with E-state index in [0.717, 1.165) is 40.4 Å². The molecular weight excluding hydrogens is 374 g/mol. The molecule has 1 aromatic heterocycles. The Hall–Kier alpha value is -2.80. The van der Waals surface area contributed by atoms with Crippen LogP contribution in [0.15, 0.2) is 53.6 Å². The number of hydrogen-bond donors (Lipinski definition) is 2. The van der Waals surface area contributed by atoms with Gasteiger partial charge in [-0.3, -0.25) is 0 Å². The zero-order chi connectivity index (χ0) is 19.7. The van der Waals surface area contributed by atoms with Crippen molar-refractivity contribution in [3.05, 3.63) is 48.7 Å². The first-order valence-electron chi connectivity index (χ1n) is 9.22. The molecule has 2 aromatic carbocycles. The van der Waals surface area contributed by atoms with Crippen molar-refractivity contribution >= 4 is 37.8 Å². The molecule has 6 nitrogen and oxygen atoms in total. The molecule has 2 N–H and O–H groups in total. The number of rotatable bonds is 7. The first kappa shape index (κ1) is 18.6. The van der Waals surface area contributed by atoms with Gasteiger partial charge in [0.1, 0.15) is 11.6 Å². The van der Waals surface area contributed by atoms with Gasteiger partial charge in [0.2, 0.25) is 0 Å². The summed E-state index contributed by atoms with van der Waals surface area (Å²) in [5, 5.41) is 8.76. The van der Waals surface area contributed by atoms with Gasteiger partial charge in [-0.1, -0.05) is 0 Å². The van der Waals surface area contributed by atoms with Crippen LogP contribution in [0, 0.1) is 5.92 Å². The van der Waals surface area contributed by atoms with Gasteiger partial charge < -0.3 is 15.4 Å². The van der Waals surface area contributed by atoms with Gasteiger partial charge in [-0.15, -0.1) is 0 Å². The van der Waals surface area contributed by atoms with Gasteiger partial charge in [0, 0.05) is 30.1 Å². The maximum atomic E-state index is 11.6. The first-order valence-corrected chi connectivity index (χ1v) is 11.1. The Morgan fingerprint density at radius 2 is 1.89 bits per heavy atom. The van der Waals surface area contributed by atoms with Crippen LogP contribution >= 0.6 is 0 Å². The molecular formula is C21H23N3O3S. The normalized spacial score (nSPS) is 14.1. The third kappa shape index (κ3) is 4.04. The van der Waals surface area contributed by atoms with Crippen molar-refractivity contribution < 1.29 is 13.2 Å².